The van der Waals surface area contributed by atoms with Crippen molar-refractivity contribution in [3.63, 3.8) is 0 Å². The van der Waals surface area contributed by atoms with Crippen LogP contribution in [0, 0.1) is 0 Å². The van der Waals surface area contributed by atoms with Gasteiger partial charge < -0.3 is 15.1 Å². The molecule has 128 valence electrons. The summed E-state index contributed by atoms with van der Waals surface area (Å²) in [6, 6.07) is 15.1. The molecule has 0 saturated heterocycles. The summed E-state index contributed by atoms with van der Waals surface area (Å²) in [4.78, 5) is 24.4. The van der Waals surface area contributed by atoms with E-state index in [2.05, 4.69) is 26.0 Å². The summed E-state index contributed by atoms with van der Waals surface area (Å²) < 4.78 is 5.05. The average Bonchev–Trinajstić information content (AvgIpc) is 3.33. The van der Waals surface area contributed by atoms with E-state index in [1.165, 1.54) is 6.26 Å². The fourth-order valence-electron chi connectivity index (χ4n) is 2.46. The van der Waals surface area contributed by atoms with Crippen LogP contribution in [-0.4, -0.2) is 27.2 Å². The summed E-state index contributed by atoms with van der Waals surface area (Å²) >= 11 is 0. The summed E-state index contributed by atoms with van der Waals surface area (Å²) in [7, 11) is 0. The number of nitrogens with zero attached hydrogens (tertiary/aromatic N) is 2. The van der Waals surface area contributed by atoms with Gasteiger partial charge in [-0.3, -0.25) is 9.59 Å². The SMILES string of the molecule is O=C(Nc1cccc(NC(=O)c2ccco2)c1)c1ccc2n[nH]nc2c1. The van der Waals surface area contributed by atoms with E-state index in [1.807, 2.05) is 0 Å². The Labute approximate surface area is 147 Å². The minimum Gasteiger partial charge on any atom is -0.459 e. The molecule has 8 heteroatoms. The zero-order valence-electron chi connectivity index (χ0n) is 13.4. The van der Waals surface area contributed by atoms with Crippen molar-refractivity contribution in [3.8, 4) is 0 Å². The summed E-state index contributed by atoms with van der Waals surface area (Å²) in [5.74, 6) is -0.445. The number of carbonyl (C=O) groups excluding carboxylic acids is 2. The first-order valence-corrected chi connectivity index (χ1v) is 7.76. The first-order chi connectivity index (χ1) is 12.7. The van der Waals surface area contributed by atoms with Crippen LogP contribution in [0.4, 0.5) is 11.4 Å². The van der Waals surface area contributed by atoms with E-state index in [0.717, 1.165) is 0 Å². The number of nitrogens with one attached hydrogen (secondary N) is 3. The molecule has 2 aromatic carbocycles. The molecule has 2 aromatic heterocycles. The van der Waals surface area contributed by atoms with Gasteiger partial charge in [-0.2, -0.15) is 15.4 Å². The van der Waals surface area contributed by atoms with E-state index < -0.39 is 0 Å². The van der Waals surface area contributed by atoms with Crippen LogP contribution < -0.4 is 10.6 Å². The van der Waals surface area contributed by atoms with Crippen LogP contribution >= 0.6 is 0 Å². The fourth-order valence-corrected chi connectivity index (χ4v) is 2.46. The standard InChI is InChI=1S/C18H13N5O3/c24-17(11-6-7-14-15(9-11)22-23-21-14)19-12-3-1-4-13(10-12)20-18(25)16-5-2-8-26-16/h1-10H,(H,19,24)(H,20,25)(H,21,22,23). The maximum atomic E-state index is 12.4. The molecule has 0 aliphatic carbocycles. The largest absolute Gasteiger partial charge is 0.459 e. The Balaban J connectivity index is 1.49. The molecule has 26 heavy (non-hydrogen) atoms. The van der Waals surface area contributed by atoms with Gasteiger partial charge in [0.15, 0.2) is 5.76 Å². The quantitative estimate of drug-likeness (QED) is 0.525. The number of hydrogen-bond acceptors (Lipinski definition) is 5. The van der Waals surface area contributed by atoms with E-state index in [-0.39, 0.29) is 17.6 Å². The molecule has 8 nitrogen and oxygen atoms in total. The van der Waals surface area contributed by atoms with Crippen molar-refractivity contribution in [1.29, 1.82) is 0 Å². The van der Waals surface area contributed by atoms with Crippen LogP contribution in [0.1, 0.15) is 20.9 Å². The van der Waals surface area contributed by atoms with Gasteiger partial charge in [-0.25, -0.2) is 0 Å². The van der Waals surface area contributed by atoms with Gasteiger partial charge in [0.1, 0.15) is 11.0 Å². The van der Waals surface area contributed by atoms with Crippen LogP contribution in [0.2, 0.25) is 0 Å². The molecular weight excluding hydrogens is 334 g/mol. The molecule has 2 amide bonds. The Bertz CT molecular complexity index is 1090. The molecule has 0 fully saturated rings. The summed E-state index contributed by atoms with van der Waals surface area (Å²) in [5, 5.41) is 15.9. The Hall–Kier alpha value is -3.94. The molecule has 0 bridgehead atoms. The Morgan fingerprint density at radius 3 is 2.38 bits per heavy atom. The number of hydrogen-bond donors (Lipinski definition) is 3. The third-order valence-corrected chi connectivity index (χ3v) is 3.70. The second-order valence-electron chi connectivity index (χ2n) is 5.49. The van der Waals surface area contributed by atoms with Gasteiger partial charge in [0, 0.05) is 16.9 Å². The lowest BCUT2D eigenvalue weighted by Crippen LogP contribution is -2.13. The van der Waals surface area contributed by atoms with Gasteiger partial charge in [-0.05, 0) is 48.5 Å². The first kappa shape index (κ1) is 15.6. The van der Waals surface area contributed by atoms with Gasteiger partial charge >= 0.3 is 0 Å². The van der Waals surface area contributed by atoms with Gasteiger partial charge in [0.25, 0.3) is 11.8 Å². The van der Waals surface area contributed by atoms with Crippen molar-refractivity contribution in [2.24, 2.45) is 0 Å². The molecule has 0 aliphatic heterocycles. The number of carbonyl (C=O) groups is 2. The molecule has 0 radical (unpaired) electrons. The summed E-state index contributed by atoms with van der Waals surface area (Å²) in [5.41, 5.74) is 2.83. The molecule has 3 N–H and O–H groups in total. The van der Waals surface area contributed by atoms with E-state index in [0.29, 0.717) is 28.0 Å². The van der Waals surface area contributed by atoms with E-state index in [9.17, 15) is 9.59 Å². The van der Waals surface area contributed by atoms with Crippen LogP contribution in [0.3, 0.4) is 0 Å². The van der Waals surface area contributed by atoms with Crippen LogP contribution in [0.5, 0.6) is 0 Å². The van der Waals surface area contributed by atoms with Crippen molar-refractivity contribution in [1.82, 2.24) is 15.4 Å². The van der Waals surface area contributed by atoms with Crippen LogP contribution in [0.15, 0.2) is 65.3 Å². The molecule has 0 spiro atoms. The van der Waals surface area contributed by atoms with Crippen molar-refractivity contribution in [2.45, 2.75) is 0 Å². The molecule has 4 aromatic rings. The average molecular weight is 347 g/mol. The normalized spacial score (nSPS) is 10.6. The van der Waals surface area contributed by atoms with Crippen molar-refractivity contribution in [3.05, 3.63) is 72.2 Å². The number of rotatable bonds is 4. The van der Waals surface area contributed by atoms with Crippen molar-refractivity contribution >= 4 is 34.2 Å². The zero-order chi connectivity index (χ0) is 17.9. The van der Waals surface area contributed by atoms with Gasteiger partial charge in [-0.15, -0.1) is 0 Å². The second kappa shape index (κ2) is 6.52. The third kappa shape index (κ3) is 3.16. The lowest BCUT2D eigenvalue weighted by molar-refractivity contribution is 0.0995. The molecular formula is C18H13N5O3. The van der Waals surface area contributed by atoms with E-state index in [1.54, 1.807) is 54.6 Å². The highest BCUT2D eigenvalue weighted by molar-refractivity contribution is 6.06. The Morgan fingerprint density at radius 1 is 0.846 bits per heavy atom. The highest BCUT2D eigenvalue weighted by Gasteiger charge is 2.11. The minimum absolute atomic E-state index is 0.209. The van der Waals surface area contributed by atoms with E-state index in [4.69, 9.17) is 4.42 Å². The molecule has 2 heterocycles. The number of anilines is 2. The monoisotopic (exact) mass is 347 g/mol. The van der Waals surface area contributed by atoms with Crippen molar-refractivity contribution in [2.75, 3.05) is 10.6 Å². The van der Waals surface area contributed by atoms with Gasteiger partial charge in [-0.1, -0.05) is 6.07 Å². The van der Waals surface area contributed by atoms with Crippen molar-refractivity contribution < 1.29 is 14.0 Å². The van der Waals surface area contributed by atoms with Gasteiger partial charge in [0.05, 0.1) is 6.26 Å². The third-order valence-electron chi connectivity index (χ3n) is 3.70. The van der Waals surface area contributed by atoms with Crippen LogP contribution in [0.25, 0.3) is 11.0 Å². The molecule has 4 rings (SSSR count). The number of furan rings is 1. The molecule has 0 aliphatic rings. The number of H-pyrrole nitrogens is 1. The first-order valence-electron chi connectivity index (χ1n) is 7.76. The lowest BCUT2D eigenvalue weighted by Gasteiger charge is -2.08. The van der Waals surface area contributed by atoms with E-state index >= 15 is 0 Å². The zero-order valence-corrected chi connectivity index (χ0v) is 13.4. The number of aromatic nitrogens is 3. The summed E-state index contributed by atoms with van der Waals surface area (Å²) in [6.07, 6.45) is 1.43. The maximum absolute atomic E-state index is 12.4. The predicted molar refractivity (Wildman–Crippen MR) is 94.9 cm³/mol. The number of fused-ring (bicyclic) bond motifs is 1. The second-order valence-corrected chi connectivity index (χ2v) is 5.49. The predicted octanol–water partition coefficient (Wildman–Crippen LogP) is 3.06. The number of amides is 2. The molecule has 0 atom stereocenters. The maximum Gasteiger partial charge on any atom is 0.291 e. The fraction of sp³-hybridized carbons (Fsp3) is 0. The Kier molecular flexibility index (Phi) is 3.91. The van der Waals surface area contributed by atoms with Crippen LogP contribution in [-0.2, 0) is 0 Å². The molecule has 0 unspecified atom stereocenters. The highest BCUT2D eigenvalue weighted by Crippen LogP contribution is 2.18. The smallest absolute Gasteiger partial charge is 0.291 e. The topological polar surface area (TPSA) is 113 Å². The summed E-state index contributed by atoms with van der Waals surface area (Å²) in [6.45, 7) is 0. The lowest BCUT2D eigenvalue weighted by atomic mass is 10.2. The molecule has 0 saturated carbocycles. The van der Waals surface area contributed by atoms with Gasteiger partial charge in [0.2, 0.25) is 0 Å². The highest BCUT2D eigenvalue weighted by atomic mass is 16.3. The Morgan fingerprint density at radius 2 is 1.62 bits per heavy atom. The number of aromatic amines is 1. The minimum atomic E-state index is -0.366. The number of benzene rings is 2.